The maximum absolute atomic E-state index is 12.6. The lowest BCUT2D eigenvalue weighted by Crippen LogP contribution is -2.45. The molecule has 7 heteroatoms. The molecule has 2 saturated heterocycles. The van der Waals surface area contributed by atoms with Crippen LogP contribution < -0.4 is 0 Å². The second-order valence-corrected chi connectivity index (χ2v) is 6.76. The highest BCUT2D eigenvalue weighted by Gasteiger charge is 2.30. The summed E-state index contributed by atoms with van der Waals surface area (Å²) >= 11 is 0. The first-order valence-corrected chi connectivity index (χ1v) is 8.95. The summed E-state index contributed by atoms with van der Waals surface area (Å²) in [6.45, 7) is 6.30. The van der Waals surface area contributed by atoms with Crippen molar-refractivity contribution in [2.45, 2.75) is 64.1 Å². The smallest absolute Gasteiger partial charge is 0.251 e. The average Bonchev–Trinajstić information content (AvgIpc) is 3.06. The van der Waals surface area contributed by atoms with Crippen LogP contribution in [-0.2, 0) is 14.3 Å². The van der Waals surface area contributed by atoms with Crippen molar-refractivity contribution in [2.75, 3.05) is 26.3 Å². The Morgan fingerprint density at radius 1 is 1.38 bits per heavy atom. The number of hydrogen-bond donors (Lipinski definition) is 0. The average molecular weight is 337 g/mol. The molecule has 0 aromatic carbocycles. The summed E-state index contributed by atoms with van der Waals surface area (Å²) in [4.78, 5) is 18.8. The molecule has 0 spiro atoms. The van der Waals surface area contributed by atoms with Crippen molar-refractivity contribution in [3.05, 3.63) is 11.7 Å². The van der Waals surface area contributed by atoms with Gasteiger partial charge in [0.05, 0.1) is 12.7 Å². The Bertz CT molecular complexity index is 542. The molecule has 0 N–H and O–H groups in total. The van der Waals surface area contributed by atoms with Gasteiger partial charge in [-0.15, -0.1) is 0 Å². The summed E-state index contributed by atoms with van der Waals surface area (Å²) in [5, 5.41) is 4.00. The maximum Gasteiger partial charge on any atom is 0.251 e. The standard InChI is InChI=1S/C17H27N3O4/c1-12(23-11-15-7-3-4-9-22-15)17(21)20-8-5-6-14(10-20)16-18-13(2)24-19-16/h12,14-15H,3-11H2,1-2H3/t12-,14-,15+/m1/s1. The predicted octanol–water partition coefficient (Wildman–Crippen LogP) is 2.06. The van der Waals surface area contributed by atoms with Crippen LogP contribution >= 0.6 is 0 Å². The first kappa shape index (κ1) is 17.4. The Hall–Kier alpha value is -1.47. The lowest BCUT2D eigenvalue weighted by atomic mass is 9.97. The minimum atomic E-state index is -0.443. The van der Waals surface area contributed by atoms with Gasteiger partial charge in [-0.25, -0.2) is 0 Å². The molecule has 0 unspecified atom stereocenters. The van der Waals surface area contributed by atoms with E-state index in [1.807, 2.05) is 11.8 Å². The van der Waals surface area contributed by atoms with Crippen LogP contribution in [0.25, 0.3) is 0 Å². The number of aryl methyl sites for hydroxylation is 1. The number of piperidine rings is 1. The number of hydrogen-bond acceptors (Lipinski definition) is 6. The van der Waals surface area contributed by atoms with Crippen molar-refractivity contribution in [3.63, 3.8) is 0 Å². The lowest BCUT2D eigenvalue weighted by Gasteiger charge is -2.33. The quantitative estimate of drug-likeness (QED) is 0.818. The molecule has 2 aliphatic heterocycles. The summed E-state index contributed by atoms with van der Waals surface area (Å²) < 4.78 is 16.5. The Kier molecular flexibility index (Phi) is 5.84. The zero-order chi connectivity index (χ0) is 16.9. The van der Waals surface area contributed by atoms with E-state index in [4.69, 9.17) is 14.0 Å². The number of carbonyl (C=O) groups excluding carboxylic acids is 1. The molecule has 0 aliphatic carbocycles. The van der Waals surface area contributed by atoms with Gasteiger partial charge in [0.25, 0.3) is 5.91 Å². The van der Waals surface area contributed by atoms with Crippen molar-refractivity contribution >= 4 is 5.91 Å². The summed E-state index contributed by atoms with van der Waals surface area (Å²) in [5.41, 5.74) is 0. The fraction of sp³-hybridized carbons (Fsp3) is 0.824. The molecule has 2 fully saturated rings. The molecule has 0 bridgehead atoms. The number of carbonyl (C=O) groups is 1. The second kappa shape index (κ2) is 8.07. The third-order valence-corrected chi connectivity index (χ3v) is 4.80. The fourth-order valence-corrected chi connectivity index (χ4v) is 3.39. The summed E-state index contributed by atoms with van der Waals surface area (Å²) in [5.74, 6) is 1.46. The van der Waals surface area contributed by atoms with Crippen LogP contribution in [0.5, 0.6) is 0 Å². The van der Waals surface area contributed by atoms with Gasteiger partial charge in [-0.1, -0.05) is 5.16 Å². The summed E-state index contributed by atoms with van der Waals surface area (Å²) in [6.07, 6.45) is 4.93. The first-order chi connectivity index (χ1) is 11.6. The summed E-state index contributed by atoms with van der Waals surface area (Å²) in [7, 11) is 0. The molecular formula is C17H27N3O4. The SMILES string of the molecule is Cc1nc([C@@H]2CCCN(C(=O)[C@@H](C)OC[C@@H]3CCCCO3)C2)no1. The normalized spacial score (nSPS) is 26.3. The molecule has 2 aliphatic rings. The number of aromatic nitrogens is 2. The zero-order valence-electron chi connectivity index (χ0n) is 14.6. The molecule has 0 saturated carbocycles. The minimum Gasteiger partial charge on any atom is -0.376 e. The van der Waals surface area contributed by atoms with Crippen molar-refractivity contribution in [3.8, 4) is 0 Å². The highest BCUT2D eigenvalue weighted by molar-refractivity contribution is 5.80. The van der Waals surface area contributed by atoms with E-state index in [2.05, 4.69) is 10.1 Å². The number of nitrogens with zero attached hydrogens (tertiary/aromatic N) is 3. The van der Waals surface area contributed by atoms with E-state index >= 15 is 0 Å². The fourth-order valence-electron chi connectivity index (χ4n) is 3.39. The predicted molar refractivity (Wildman–Crippen MR) is 86.6 cm³/mol. The molecule has 1 aromatic rings. The number of rotatable bonds is 5. The van der Waals surface area contributed by atoms with Crippen LogP contribution in [0.4, 0.5) is 0 Å². The summed E-state index contributed by atoms with van der Waals surface area (Å²) in [6, 6.07) is 0. The van der Waals surface area contributed by atoms with Gasteiger partial charge >= 0.3 is 0 Å². The van der Waals surface area contributed by atoms with E-state index in [9.17, 15) is 4.79 Å². The molecule has 24 heavy (non-hydrogen) atoms. The third-order valence-electron chi connectivity index (χ3n) is 4.80. The van der Waals surface area contributed by atoms with E-state index in [1.54, 1.807) is 6.92 Å². The van der Waals surface area contributed by atoms with E-state index in [1.165, 1.54) is 6.42 Å². The van der Waals surface area contributed by atoms with Gasteiger partial charge in [0.1, 0.15) is 6.10 Å². The Morgan fingerprint density at radius 2 is 2.25 bits per heavy atom. The van der Waals surface area contributed by atoms with Crippen LogP contribution in [0.1, 0.15) is 56.7 Å². The minimum absolute atomic E-state index is 0.0377. The lowest BCUT2D eigenvalue weighted by molar-refractivity contribution is -0.147. The van der Waals surface area contributed by atoms with Gasteiger partial charge in [-0.05, 0) is 39.0 Å². The molecule has 1 aromatic heterocycles. The van der Waals surface area contributed by atoms with Gasteiger partial charge in [0.15, 0.2) is 5.82 Å². The molecule has 3 atom stereocenters. The van der Waals surface area contributed by atoms with Crippen molar-refractivity contribution in [1.29, 1.82) is 0 Å². The molecule has 7 nitrogen and oxygen atoms in total. The Labute approximate surface area is 142 Å². The first-order valence-electron chi connectivity index (χ1n) is 8.95. The zero-order valence-corrected chi connectivity index (χ0v) is 14.6. The van der Waals surface area contributed by atoms with Gasteiger partial charge in [-0.2, -0.15) is 4.98 Å². The number of ether oxygens (including phenoxy) is 2. The number of amides is 1. The monoisotopic (exact) mass is 337 g/mol. The van der Waals surface area contributed by atoms with Crippen LogP contribution in [0.2, 0.25) is 0 Å². The van der Waals surface area contributed by atoms with Gasteiger partial charge in [0.2, 0.25) is 5.89 Å². The topological polar surface area (TPSA) is 77.7 Å². The van der Waals surface area contributed by atoms with Crippen molar-refractivity contribution in [1.82, 2.24) is 15.0 Å². The van der Waals surface area contributed by atoms with Crippen LogP contribution in [0, 0.1) is 6.92 Å². The Morgan fingerprint density at radius 3 is 2.96 bits per heavy atom. The highest BCUT2D eigenvalue weighted by atomic mass is 16.5. The van der Waals surface area contributed by atoms with Crippen LogP contribution in [0.3, 0.4) is 0 Å². The third kappa shape index (κ3) is 4.33. The number of likely N-dealkylation sites (tertiary alicyclic amines) is 1. The van der Waals surface area contributed by atoms with E-state index < -0.39 is 6.10 Å². The van der Waals surface area contributed by atoms with Crippen molar-refractivity contribution < 1.29 is 18.8 Å². The Balaban J connectivity index is 1.49. The van der Waals surface area contributed by atoms with E-state index in [0.717, 1.165) is 38.8 Å². The molecule has 134 valence electrons. The van der Waals surface area contributed by atoms with Gasteiger partial charge < -0.3 is 18.9 Å². The molecule has 3 rings (SSSR count). The second-order valence-electron chi connectivity index (χ2n) is 6.76. The largest absolute Gasteiger partial charge is 0.376 e. The van der Waals surface area contributed by atoms with Gasteiger partial charge in [0, 0.05) is 32.5 Å². The molecule has 1 amide bonds. The molecule has 3 heterocycles. The highest BCUT2D eigenvalue weighted by Crippen LogP contribution is 2.25. The molecular weight excluding hydrogens is 310 g/mol. The van der Waals surface area contributed by atoms with Crippen LogP contribution in [0.15, 0.2) is 4.52 Å². The van der Waals surface area contributed by atoms with E-state index in [0.29, 0.717) is 24.9 Å². The van der Waals surface area contributed by atoms with E-state index in [-0.39, 0.29) is 17.9 Å². The van der Waals surface area contributed by atoms with Crippen LogP contribution in [-0.4, -0.2) is 59.5 Å². The van der Waals surface area contributed by atoms with Gasteiger partial charge in [-0.3, -0.25) is 4.79 Å². The molecule has 0 radical (unpaired) electrons. The van der Waals surface area contributed by atoms with Crippen molar-refractivity contribution in [2.24, 2.45) is 0 Å². The maximum atomic E-state index is 12.6.